The van der Waals surface area contributed by atoms with Crippen molar-refractivity contribution in [1.29, 1.82) is 5.26 Å². The lowest BCUT2D eigenvalue weighted by Crippen LogP contribution is -2.27. The van der Waals surface area contributed by atoms with E-state index in [0.29, 0.717) is 17.0 Å². The Labute approximate surface area is 172 Å². The van der Waals surface area contributed by atoms with E-state index in [1.54, 1.807) is 12.1 Å². The molecule has 152 valence electrons. The minimum absolute atomic E-state index is 0.0105. The van der Waals surface area contributed by atoms with E-state index in [-0.39, 0.29) is 11.4 Å². The summed E-state index contributed by atoms with van der Waals surface area (Å²) in [6, 6.07) is 9.97. The Bertz CT molecular complexity index is 919. The normalized spacial score (nSPS) is 24.0. The van der Waals surface area contributed by atoms with Crippen LogP contribution in [0, 0.1) is 40.7 Å². The number of hydrogen-bond donors (Lipinski definition) is 0. The summed E-state index contributed by atoms with van der Waals surface area (Å²) in [6.45, 7) is 2.28. The summed E-state index contributed by atoms with van der Waals surface area (Å²) in [7, 11) is 0. The molecule has 29 heavy (non-hydrogen) atoms. The molecule has 2 aliphatic rings. The van der Waals surface area contributed by atoms with Crippen LogP contribution in [0.5, 0.6) is 0 Å². The third-order valence-electron chi connectivity index (χ3n) is 7.24. The molecule has 2 aromatic rings. The van der Waals surface area contributed by atoms with Crippen molar-refractivity contribution < 1.29 is 8.78 Å². The summed E-state index contributed by atoms with van der Waals surface area (Å²) < 4.78 is 29.3. The van der Waals surface area contributed by atoms with Gasteiger partial charge in [0.15, 0.2) is 0 Å². The van der Waals surface area contributed by atoms with Crippen LogP contribution in [-0.4, -0.2) is 0 Å². The van der Waals surface area contributed by atoms with Crippen molar-refractivity contribution in [2.75, 3.05) is 0 Å². The molecule has 1 fully saturated rings. The average Bonchev–Trinajstić information content (AvgIpc) is 2.74. The van der Waals surface area contributed by atoms with Gasteiger partial charge in [0, 0.05) is 5.56 Å². The minimum Gasteiger partial charge on any atom is -0.206 e. The summed E-state index contributed by atoms with van der Waals surface area (Å²) in [5.74, 6) is 1.56. The molecule has 0 amide bonds. The zero-order chi connectivity index (χ0) is 20.4. The predicted molar refractivity (Wildman–Crippen MR) is 112 cm³/mol. The molecule has 0 aromatic heterocycles. The van der Waals surface area contributed by atoms with Crippen molar-refractivity contribution in [2.24, 2.45) is 17.8 Å². The first-order chi connectivity index (χ1) is 14.1. The fourth-order valence-corrected chi connectivity index (χ4v) is 5.59. The van der Waals surface area contributed by atoms with Gasteiger partial charge in [0.2, 0.25) is 0 Å². The third-order valence-corrected chi connectivity index (χ3v) is 7.24. The molecule has 1 atom stereocenters. The first-order valence-electron chi connectivity index (χ1n) is 11.1. The standard InChI is InChI=1S/C26H29F2N/c1-2-3-17-4-6-18(7-5-17)19-10-12-23-20(14-19)11-13-24(26(23)28)21-8-9-22(16-29)25(27)15-21/h8-9,11,13,15,17-19H,2-7,10,12,14H2,1H3. The van der Waals surface area contributed by atoms with Crippen LogP contribution in [-0.2, 0) is 12.8 Å². The molecule has 4 rings (SSSR count). The van der Waals surface area contributed by atoms with Crippen molar-refractivity contribution in [2.45, 2.75) is 64.7 Å². The van der Waals surface area contributed by atoms with Crippen LogP contribution in [0.3, 0.4) is 0 Å². The summed E-state index contributed by atoms with van der Waals surface area (Å²) >= 11 is 0. The van der Waals surface area contributed by atoms with Gasteiger partial charge in [-0.3, -0.25) is 0 Å². The highest BCUT2D eigenvalue weighted by molar-refractivity contribution is 5.67. The van der Waals surface area contributed by atoms with Gasteiger partial charge in [-0.2, -0.15) is 5.26 Å². The number of fused-ring (bicyclic) bond motifs is 1. The fourth-order valence-electron chi connectivity index (χ4n) is 5.59. The topological polar surface area (TPSA) is 23.8 Å². The van der Waals surface area contributed by atoms with Crippen molar-refractivity contribution in [3.8, 4) is 17.2 Å². The van der Waals surface area contributed by atoms with Gasteiger partial charge in [0.1, 0.15) is 17.7 Å². The molecular formula is C26H29F2N. The molecule has 0 aliphatic heterocycles. The Morgan fingerprint density at radius 2 is 1.79 bits per heavy atom. The van der Waals surface area contributed by atoms with Crippen LogP contribution >= 0.6 is 0 Å². The van der Waals surface area contributed by atoms with E-state index >= 15 is 4.39 Å². The van der Waals surface area contributed by atoms with Crippen LogP contribution in [0.4, 0.5) is 8.78 Å². The van der Waals surface area contributed by atoms with E-state index in [4.69, 9.17) is 5.26 Å². The number of hydrogen-bond acceptors (Lipinski definition) is 1. The summed E-state index contributed by atoms with van der Waals surface area (Å²) in [5.41, 5.74) is 2.86. The Balaban J connectivity index is 1.50. The largest absolute Gasteiger partial charge is 0.206 e. The van der Waals surface area contributed by atoms with Crippen LogP contribution in [0.2, 0.25) is 0 Å². The van der Waals surface area contributed by atoms with Crippen molar-refractivity contribution in [1.82, 2.24) is 0 Å². The number of nitriles is 1. The SMILES string of the molecule is CCCC1CCC(C2CCc3c(ccc(-c4ccc(C#N)c(F)c4)c3F)C2)CC1. The lowest BCUT2D eigenvalue weighted by atomic mass is 9.69. The molecule has 1 unspecified atom stereocenters. The Morgan fingerprint density at radius 1 is 1.00 bits per heavy atom. The molecule has 0 N–H and O–H groups in total. The Morgan fingerprint density at radius 3 is 2.48 bits per heavy atom. The molecule has 0 bridgehead atoms. The van der Waals surface area contributed by atoms with Gasteiger partial charge in [-0.1, -0.05) is 50.8 Å². The second-order valence-electron chi connectivity index (χ2n) is 8.94. The summed E-state index contributed by atoms with van der Waals surface area (Å²) in [5, 5.41) is 8.90. The van der Waals surface area contributed by atoms with Gasteiger partial charge in [0.05, 0.1) is 5.56 Å². The smallest absolute Gasteiger partial charge is 0.141 e. The molecule has 3 heteroatoms. The lowest BCUT2D eigenvalue weighted by Gasteiger charge is -2.36. The highest BCUT2D eigenvalue weighted by atomic mass is 19.1. The quantitative estimate of drug-likeness (QED) is 0.538. The van der Waals surface area contributed by atoms with Crippen molar-refractivity contribution in [3.63, 3.8) is 0 Å². The molecule has 1 nitrogen and oxygen atoms in total. The molecule has 0 spiro atoms. The summed E-state index contributed by atoms with van der Waals surface area (Å²) in [4.78, 5) is 0. The monoisotopic (exact) mass is 393 g/mol. The van der Waals surface area contributed by atoms with Crippen molar-refractivity contribution >= 4 is 0 Å². The van der Waals surface area contributed by atoms with Crippen molar-refractivity contribution in [3.05, 3.63) is 58.7 Å². The van der Waals surface area contributed by atoms with E-state index in [1.807, 2.05) is 12.1 Å². The van der Waals surface area contributed by atoms with Crippen LogP contribution in [0.25, 0.3) is 11.1 Å². The van der Waals surface area contributed by atoms with Gasteiger partial charge in [-0.05, 0) is 78.7 Å². The first kappa shape index (κ1) is 20.1. The van der Waals surface area contributed by atoms with Gasteiger partial charge in [-0.15, -0.1) is 0 Å². The Kier molecular flexibility index (Phi) is 5.99. The Hall–Kier alpha value is -2.21. The van der Waals surface area contributed by atoms with E-state index in [0.717, 1.165) is 42.2 Å². The molecule has 2 aliphatic carbocycles. The maximum absolute atomic E-state index is 15.3. The molecule has 2 aromatic carbocycles. The van der Waals surface area contributed by atoms with Gasteiger partial charge >= 0.3 is 0 Å². The zero-order valence-corrected chi connectivity index (χ0v) is 17.2. The number of halogens is 2. The number of nitrogens with zero attached hydrogens (tertiary/aromatic N) is 1. The van der Waals surface area contributed by atoms with Gasteiger partial charge in [-0.25, -0.2) is 8.78 Å². The highest BCUT2D eigenvalue weighted by Crippen LogP contribution is 2.42. The van der Waals surface area contributed by atoms with Gasteiger partial charge in [0.25, 0.3) is 0 Å². The van der Waals surface area contributed by atoms with Gasteiger partial charge < -0.3 is 0 Å². The zero-order valence-electron chi connectivity index (χ0n) is 17.2. The maximum atomic E-state index is 15.3. The number of rotatable bonds is 4. The second-order valence-corrected chi connectivity index (χ2v) is 8.94. The van der Waals surface area contributed by atoms with E-state index in [9.17, 15) is 4.39 Å². The molecule has 1 saturated carbocycles. The fraction of sp³-hybridized carbons (Fsp3) is 0.500. The lowest BCUT2D eigenvalue weighted by molar-refractivity contribution is 0.183. The molecular weight excluding hydrogens is 364 g/mol. The number of benzene rings is 2. The van der Waals surface area contributed by atoms with E-state index in [2.05, 4.69) is 6.92 Å². The average molecular weight is 394 g/mol. The molecule has 0 saturated heterocycles. The second kappa shape index (κ2) is 8.66. The van der Waals surface area contributed by atoms with Crippen LogP contribution < -0.4 is 0 Å². The maximum Gasteiger partial charge on any atom is 0.141 e. The van der Waals surface area contributed by atoms with E-state index in [1.165, 1.54) is 50.7 Å². The van der Waals surface area contributed by atoms with Crippen LogP contribution in [0.1, 0.15) is 68.6 Å². The third kappa shape index (κ3) is 4.08. The summed E-state index contributed by atoms with van der Waals surface area (Å²) in [6.07, 6.45) is 10.8. The highest BCUT2D eigenvalue weighted by Gasteiger charge is 2.31. The predicted octanol–water partition coefficient (Wildman–Crippen LogP) is 7.21. The first-order valence-corrected chi connectivity index (χ1v) is 11.1. The minimum atomic E-state index is -0.596. The molecule has 0 radical (unpaired) electrons. The molecule has 0 heterocycles. The van der Waals surface area contributed by atoms with E-state index < -0.39 is 5.82 Å². The van der Waals surface area contributed by atoms with Crippen LogP contribution in [0.15, 0.2) is 30.3 Å².